The molecule has 1 aromatic carbocycles. The highest BCUT2D eigenvalue weighted by atomic mass is 16.5. The monoisotopic (exact) mass is 360 g/mol. The first-order valence-electron chi connectivity index (χ1n) is 9.68. The fraction of sp³-hybridized carbons (Fsp3) is 0.667. The van der Waals surface area contributed by atoms with Crippen molar-refractivity contribution in [3.8, 4) is 5.75 Å². The van der Waals surface area contributed by atoms with Crippen molar-refractivity contribution in [1.82, 2.24) is 9.80 Å². The number of ether oxygens (including phenoxy) is 2. The van der Waals surface area contributed by atoms with Crippen LogP contribution >= 0.6 is 0 Å². The van der Waals surface area contributed by atoms with Crippen LogP contribution in [0.4, 0.5) is 0 Å². The van der Waals surface area contributed by atoms with Crippen LogP contribution in [-0.4, -0.2) is 62.7 Å². The van der Waals surface area contributed by atoms with Crippen LogP contribution in [0.25, 0.3) is 0 Å². The maximum absolute atomic E-state index is 12.3. The fourth-order valence-electron chi connectivity index (χ4n) is 4.51. The number of piperidine rings is 2. The van der Waals surface area contributed by atoms with Crippen LogP contribution in [-0.2, 0) is 16.1 Å². The fourth-order valence-corrected chi connectivity index (χ4v) is 4.51. The number of amides is 1. The molecule has 1 amide bonds. The van der Waals surface area contributed by atoms with Crippen molar-refractivity contribution in [2.24, 2.45) is 5.41 Å². The third-order valence-corrected chi connectivity index (χ3v) is 5.89. The minimum atomic E-state index is 0.234. The van der Waals surface area contributed by atoms with Crippen molar-refractivity contribution in [1.29, 1.82) is 0 Å². The number of hydrogen-bond donors (Lipinski definition) is 0. The predicted octanol–water partition coefficient (Wildman–Crippen LogP) is 2.85. The summed E-state index contributed by atoms with van der Waals surface area (Å²) in [5.74, 6) is 1.26. The van der Waals surface area contributed by atoms with Gasteiger partial charge in [0.15, 0.2) is 0 Å². The Morgan fingerprint density at radius 3 is 2.81 bits per heavy atom. The van der Waals surface area contributed by atoms with E-state index in [1.165, 1.54) is 24.0 Å². The minimum Gasteiger partial charge on any atom is -0.496 e. The third-order valence-electron chi connectivity index (χ3n) is 5.89. The zero-order valence-electron chi connectivity index (χ0n) is 16.4. The largest absolute Gasteiger partial charge is 0.496 e. The molecule has 1 aromatic rings. The zero-order valence-corrected chi connectivity index (χ0v) is 16.4. The number of benzene rings is 1. The lowest BCUT2D eigenvalue weighted by Gasteiger charge is -2.48. The lowest BCUT2D eigenvalue weighted by atomic mass is 9.73. The normalized spacial score (nSPS) is 24.3. The van der Waals surface area contributed by atoms with Crippen molar-refractivity contribution < 1.29 is 14.3 Å². The van der Waals surface area contributed by atoms with Gasteiger partial charge in [-0.1, -0.05) is 12.1 Å². The molecular formula is C21H32N2O3. The molecule has 0 aromatic heterocycles. The highest BCUT2D eigenvalue weighted by Crippen LogP contribution is 2.39. The summed E-state index contributed by atoms with van der Waals surface area (Å²) in [6, 6.07) is 6.45. The van der Waals surface area contributed by atoms with Crippen molar-refractivity contribution in [3.05, 3.63) is 29.3 Å². The molecule has 2 aliphatic heterocycles. The van der Waals surface area contributed by atoms with E-state index in [1.807, 2.05) is 4.90 Å². The van der Waals surface area contributed by atoms with E-state index in [0.29, 0.717) is 19.6 Å². The molecule has 26 heavy (non-hydrogen) atoms. The molecular weight excluding hydrogens is 328 g/mol. The maximum Gasteiger partial charge on any atom is 0.222 e. The Morgan fingerprint density at radius 2 is 2.04 bits per heavy atom. The lowest BCUT2D eigenvalue weighted by Crippen LogP contribution is -2.54. The second-order valence-corrected chi connectivity index (χ2v) is 7.94. The third kappa shape index (κ3) is 4.38. The summed E-state index contributed by atoms with van der Waals surface area (Å²) in [6.07, 6.45) is 4.09. The van der Waals surface area contributed by atoms with Gasteiger partial charge in [-0.3, -0.25) is 9.69 Å². The molecule has 5 heteroatoms. The molecule has 2 heterocycles. The molecule has 3 rings (SSSR count). The Hall–Kier alpha value is -1.59. The SMILES string of the molecule is COCCN1C[C@@]2(CCCN(Cc3ccc(C)cc3OC)C2)CCC1=O. The first-order chi connectivity index (χ1) is 12.5. The zero-order chi connectivity index (χ0) is 18.6. The highest BCUT2D eigenvalue weighted by Gasteiger charge is 2.41. The van der Waals surface area contributed by atoms with Gasteiger partial charge in [0.2, 0.25) is 5.91 Å². The van der Waals surface area contributed by atoms with Crippen LogP contribution in [0, 0.1) is 12.3 Å². The molecule has 144 valence electrons. The van der Waals surface area contributed by atoms with Crippen molar-refractivity contribution in [2.45, 2.75) is 39.2 Å². The van der Waals surface area contributed by atoms with Gasteiger partial charge in [0, 0.05) is 50.7 Å². The minimum absolute atomic E-state index is 0.234. The number of nitrogens with zero attached hydrogens (tertiary/aromatic N) is 2. The van der Waals surface area contributed by atoms with Gasteiger partial charge in [0.1, 0.15) is 5.75 Å². The molecule has 0 unspecified atom stereocenters. The smallest absolute Gasteiger partial charge is 0.222 e. The molecule has 0 aliphatic carbocycles. The first-order valence-corrected chi connectivity index (χ1v) is 9.68. The number of likely N-dealkylation sites (tertiary alicyclic amines) is 2. The van der Waals surface area contributed by atoms with Crippen LogP contribution in [0.3, 0.4) is 0 Å². The molecule has 0 radical (unpaired) electrons. The van der Waals surface area contributed by atoms with Crippen LogP contribution in [0.2, 0.25) is 0 Å². The van der Waals surface area contributed by atoms with E-state index >= 15 is 0 Å². The second kappa shape index (κ2) is 8.40. The number of rotatable bonds is 6. The number of aryl methyl sites for hydroxylation is 1. The number of hydrogen-bond acceptors (Lipinski definition) is 4. The van der Waals surface area contributed by atoms with E-state index in [9.17, 15) is 4.79 Å². The lowest BCUT2D eigenvalue weighted by molar-refractivity contribution is -0.140. The Balaban J connectivity index is 1.68. The Morgan fingerprint density at radius 1 is 1.19 bits per heavy atom. The standard InChI is InChI=1S/C21H32N2O3/c1-17-5-6-18(19(13-17)26-3)14-22-10-4-8-21(15-22)9-7-20(24)23(16-21)11-12-25-2/h5-6,13H,4,7-12,14-16H2,1-3H3/t21-/m0/s1. The summed E-state index contributed by atoms with van der Waals surface area (Å²) < 4.78 is 10.8. The van der Waals surface area contributed by atoms with Gasteiger partial charge in [-0.25, -0.2) is 0 Å². The molecule has 0 bridgehead atoms. The van der Waals surface area contributed by atoms with Gasteiger partial charge in [-0.05, 0) is 44.4 Å². The maximum atomic E-state index is 12.3. The number of methoxy groups -OCH3 is 2. The molecule has 0 saturated carbocycles. The van der Waals surface area contributed by atoms with Gasteiger partial charge in [-0.2, -0.15) is 0 Å². The topological polar surface area (TPSA) is 42.0 Å². The summed E-state index contributed by atoms with van der Waals surface area (Å²) >= 11 is 0. The van der Waals surface area contributed by atoms with Crippen molar-refractivity contribution in [2.75, 3.05) is 47.0 Å². The Kier molecular flexibility index (Phi) is 6.20. The molecule has 5 nitrogen and oxygen atoms in total. The average molecular weight is 360 g/mol. The molecule has 2 aliphatic rings. The highest BCUT2D eigenvalue weighted by molar-refractivity contribution is 5.77. The van der Waals surface area contributed by atoms with Gasteiger partial charge in [0.25, 0.3) is 0 Å². The first kappa shape index (κ1) is 19.2. The van der Waals surface area contributed by atoms with E-state index in [0.717, 1.165) is 38.3 Å². The molecule has 2 fully saturated rings. The van der Waals surface area contributed by atoms with E-state index in [-0.39, 0.29) is 11.3 Å². The quantitative estimate of drug-likeness (QED) is 0.782. The van der Waals surface area contributed by atoms with Gasteiger partial charge in [0.05, 0.1) is 13.7 Å². The Bertz CT molecular complexity index is 634. The Labute approximate surface area is 157 Å². The van der Waals surface area contributed by atoms with E-state index in [1.54, 1.807) is 14.2 Å². The molecule has 1 spiro atoms. The average Bonchev–Trinajstić information content (AvgIpc) is 2.64. The van der Waals surface area contributed by atoms with Gasteiger partial charge in [-0.15, -0.1) is 0 Å². The van der Waals surface area contributed by atoms with Crippen LogP contribution in [0.5, 0.6) is 5.75 Å². The number of carbonyl (C=O) groups is 1. The second-order valence-electron chi connectivity index (χ2n) is 7.94. The van der Waals surface area contributed by atoms with E-state index < -0.39 is 0 Å². The van der Waals surface area contributed by atoms with Crippen LogP contribution in [0.1, 0.15) is 36.8 Å². The molecule has 2 saturated heterocycles. The van der Waals surface area contributed by atoms with E-state index in [2.05, 4.69) is 30.0 Å². The van der Waals surface area contributed by atoms with Crippen molar-refractivity contribution in [3.63, 3.8) is 0 Å². The van der Waals surface area contributed by atoms with Crippen molar-refractivity contribution >= 4 is 5.91 Å². The molecule has 0 N–H and O–H groups in total. The predicted molar refractivity (Wildman–Crippen MR) is 102 cm³/mol. The summed E-state index contributed by atoms with van der Waals surface area (Å²) in [5.41, 5.74) is 2.70. The van der Waals surface area contributed by atoms with Gasteiger partial charge >= 0.3 is 0 Å². The van der Waals surface area contributed by atoms with Gasteiger partial charge < -0.3 is 14.4 Å². The summed E-state index contributed by atoms with van der Waals surface area (Å²) in [5, 5.41) is 0. The van der Waals surface area contributed by atoms with Crippen LogP contribution < -0.4 is 4.74 Å². The summed E-state index contributed by atoms with van der Waals surface area (Å²) in [4.78, 5) is 16.8. The summed E-state index contributed by atoms with van der Waals surface area (Å²) in [7, 11) is 3.44. The van der Waals surface area contributed by atoms with Crippen LogP contribution in [0.15, 0.2) is 18.2 Å². The summed E-state index contributed by atoms with van der Waals surface area (Å²) in [6.45, 7) is 7.38. The number of carbonyl (C=O) groups excluding carboxylic acids is 1. The molecule has 1 atom stereocenters. The van der Waals surface area contributed by atoms with E-state index in [4.69, 9.17) is 9.47 Å².